The fraction of sp³-hybridized carbons (Fsp3) is 0. The molecule has 0 radical (unpaired) electrons. The number of benzene rings is 1. The second-order valence-electron chi connectivity index (χ2n) is 2.38. The summed E-state index contributed by atoms with van der Waals surface area (Å²) in [5, 5.41) is 4.34. The monoisotopic (exact) mass is 306 g/mol. The van der Waals surface area contributed by atoms with Crippen LogP contribution in [-0.4, -0.2) is 10.1 Å². The van der Waals surface area contributed by atoms with E-state index in [0.717, 1.165) is 9.13 Å². The lowest BCUT2D eigenvalue weighted by Crippen LogP contribution is -1.83. The molecular formula is C8H4ClIN2O. The van der Waals surface area contributed by atoms with Crippen LogP contribution in [0.1, 0.15) is 0 Å². The number of nitrogens with zero attached hydrogens (tertiary/aromatic N) is 2. The molecule has 66 valence electrons. The lowest BCUT2D eigenvalue weighted by Gasteiger charge is -1.98. The average molecular weight is 306 g/mol. The Bertz CT molecular complexity index is 416. The minimum absolute atomic E-state index is 0.517. The van der Waals surface area contributed by atoms with Crippen LogP contribution in [0.25, 0.3) is 11.4 Å². The summed E-state index contributed by atoms with van der Waals surface area (Å²) in [5.41, 5.74) is 0.794. The van der Waals surface area contributed by atoms with Crippen molar-refractivity contribution in [1.29, 1.82) is 0 Å². The predicted molar refractivity (Wildman–Crippen MR) is 57.5 cm³/mol. The van der Waals surface area contributed by atoms with Gasteiger partial charge in [0.15, 0.2) is 0 Å². The topological polar surface area (TPSA) is 38.9 Å². The molecule has 0 spiro atoms. The van der Waals surface area contributed by atoms with Gasteiger partial charge in [-0.3, -0.25) is 0 Å². The molecule has 1 aromatic heterocycles. The maximum Gasteiger partial charge on any atom is 0.214 e. The molecule has 5 heteroatoms. The molecule has 0 fully saturated rings. The minimum Gasteiger partial charge on any atom is -0.342 e. The van der Waals surface area contributed by atoms with Crippen molar-refractivity contribution in [3.63, 3.8) is 0 Å². The first-order valence-corrected chi connectivity index (χ1v) is 4.95. The van der Waals surface area contributed by atoms with E-state index in [1.54, 1.807) is 0 Å². The normalized spacial score (nSPS) is 10.3. The molecule has 0 saturated heterocycles. The summed E-state index contributed by atoms with van der Waals surface area (Å²) in [6.45, 7) is 0. The first-order valence-electron chi connectivity index (χ1n) is 3.49. The summed E-state index contributed by atoms with van der Waals surface area (Å²) in [5.74, 6) is 0.517. The molecule has 0 saturated carbocycles. The summed E-state index contributed by atoms with van der Waals surface area (Å²) in [7, 11) is 0. The van der Waals surface area contributed by atoms with Crippen molar-refractivity contribution in [3.8, 4) is 11.4 Å². The van der Waals surface area contributed by atoms with E-state index in [0.29, 0.717) is 10.8 Å². The Morgan fingerprint density at radius 2 is 2.23 bits per heavy atom. The predicted octanol–water partition coefficient (Wildman–Crippen LogP) is 2.99. The van der Waals surface area contributed by atoms with E-state index in [2.05, 4.69) is 37.3 Å². The van der Waals surface area contributed by atoms with Gasteiger partial charge in [0.25, 0.3) is 0 Å². The highest BCUT2D eigenvalue weighted by Gasteiger charge is 2.07. The molecule has 2 rings (SSSR count). The Morgan fingerprint density at radius 3 is 2.92 bits per heavy atom. The van der Waals surface area contributed by atoms with Gasteiger partial charge in [-0.05, 0) is 40.8 Å². The molecule has 0 bridgehead atoms. The van der Waals surface area contributed by atoms with Gasteiger partial charge in [0, 0.05) is 9.13 Å². The van der Waals surface area contributed by atoms with Crippen LogP contribution in [0.4, 0.5) is 0 Å². The van der Waals surface area contributed by atoms with Crippen LogP contribution in [0.2, 0.25) is 5.02 Å². The Labute approximate surface area is 93.2 Å². The molecule has 1 aromatic carbocycles. The van der Waals surface area contributed by atoms with E-state index >= 15 is 0 Å². The molecule has 0 atom stereocenters. The molecule has 1 heterocycles. The van der Waals surface area contributed by atoms with E-state index in [1.807, 2.05) is 18.2 Å². The van der Waals surface area contributed by atoms with E-state index in [1.165, 1.54) is 6.39 Å². The summed E-state index contributed by atoms with van der Waals surface area (Å²) in [4.78, 5) is 3.92. The third-order valence-electron chi connectivity index (χ3n) is 1.53. The summed E-state index contributed by atoms with van der Waals surface area (Å²) in [6.07, 6.45) is 1.28. The van der Waals surface area contributed by atoms with Crippen LogP contribution < -0.4 is 0 Å². The van der Waals surface area contributed by atoms with E-state index in [9.17, 15) is 0 Å². The largest absolute Gasteiger partial charge is 0.342 e. The van der Waals surface area contributed by atoms with Crippen molar-refractivity contribution in [3.05, 3.63) is 33.2 Å². The highest BCUT2D eigenvalue weighted by Crippen LogP contribution is 2.26. The van der Waals surface area contributed by atoms with Gasteiger partial charge >= 0.3 is 0 Å². The van der Waals surface area contributed by atoms with Crippen LogP contribution in [-0.2, 0) is 0 Å². The van der Waals surface area contributed by atoms with Crippen LogP contribution in [0.5, 0.6) is 0 Å². The van der Waals surface area contributed by atoms with Crippen LogP contribution in [0.3, 0.4) is 0 Å². The van der Waals surface area contributed by atoms with Gasteiger partial charge in [0.2, 0.25) is 12.2 Å². The fourth-order valence-corrected chi connectivity index (χ4v) is 1.65. The van der Waals surface area contributed by atoms with Crippen molar-refractivity contribution in [1.82, 2.24) is 10.1 Å². The van der Waals surface area contributed by atoms with Crippen molar-refractivity contribution in [2.75, 3.05) is 0 Å². The maximum atomic E-state index is 5.96. The van der Waals surface area contributed by atoms with Crippen LogP contribution in [0.15, 0.2) is 29.1 Å². The van der Waals surface area contributed by atoms with Gasteiger partial charge < -0.3 is 4.52 Å². The van der Waals surface area contributed by atoms with E-state index < -0.39 is 0 Å². The smallest absolute Gasteiger partial charge is 0.214 e. The second-order valence-corrected chi connectivity index (χ2v) is 4.03. The van der Waals surface area contributed by atoms with E-state index in [4.69, 9.17) is 11.6 Å². The molecule has 0 N–H and O–H groups in total. The molecular weight excluding hydrogens is 302 g/mol. The summed E-state index contributed by atoms with van der Waals surface area (Å²) < 4.78 is 5.73. The third-order valence-corrected chi connectivity index (χ3v) is 2.53. The molecule has 0 aliphatic carbocycles. The highest BCUT2D eigenvalue weighted by atomic mass is 127. The zero-order valence-electron chi connectivity index (χ0n) is 6.37. The average Bonchev–Trinajstić information content (AvgIpc) is 2.61. The van der Waals surface area contributed by atoms with Gasteiger partial charge in [-0.1, -0.05) is 16.8 Å². The summed E-state index contributed by atoms with van der Waals surface area (Å²) in [6, 6.07) is 5.65. The SMILES string of the molecule is Clc1ccc(I)cc1-c1ncon1. The fourth-order valence-electron chi connectivity index (χ4n) is 0.958. The van der Waals surface area contributed by atoms with Gasteiger partial charge in [-0.25, -0.2) is 0 Å². The molecule has 0 amide bonds. The number of rotatable bonds is 1. The third kappa shape index (κ3) is 1.83. The molecule has 0 aliphatic heterocycles. The van der Waals surface area contributed by atoms with Crippen molar-refractivity contribution in [2.45, 2.75) is 0 Å². The molecule has 0 unspecified atom stereocenters. The Kier molecular flexibility index (Phi) is 2.50. The number of hydrogen-bond acceptors (Lipinski definition) is 3. The molecule has 3 nitrogen and oxygen atoms in total. The molecule has 0 aliphatic rings. The van der Waals surface area contributed by atoms with Crippen LogP contribution >= 0.6 is 34.2 Å². The van der Waals surface area contributed by atoms with Crippen molar-refractivity contribution in [2.24, 2.45) is 0 Å². The van der Waals surface area contributed by atoms with Gasteiger partial charge in [-0.15, -0.1) is 0 Å². The first kappa shape index (κ1) is 8.96. The Morgan fingerprint density at radius 1 is 1.38 bits per heavy atom. The second kappa shape index (κ2) is 3.63. The zero-order valence-corrected chi connectivity index (χ0v) is 9.28. The number of hydrogen-bond donors (Lipinski definition) is 0. The Balaban J connectivity index is 2.57. The van der Waals surface area contributed by atoms with Crippen molar-refractivity contribution >= 4 is 34.2 Å². The standard InChI is InChI=1S/C8H4ClIN2O/c9-7-2-1-5(10)3-6(7)8-11-4-13-12-8/h1-4H. The van der Waals surface area contributed by atoms with Gasteiger partial charge in [0.1, 0.15) is 0 Å². The maximum absolute atomic E-state index is 5.96. The zero-order chi connectivity index (χ0) is 9.26. The molecule has 2 aromatic rings. The number of halogens is 2. The van der Waals surface area contributed by atoms with Crippen molar-refractivity contribution < 1.29 is 4.52 Å². The van der Waals surface area contributed by atoms with E-state index in [-0.39, 0.29) is 0 Å². The van der Waals surface area contributed by atoms with Gasteiger partial charge in [0.05, 0.1) is 5.02 Å². The summed E-state index contributed by atoms with van der Waals surface area (Å²) >= 11 is 8.16. The molecule has 13 heavy (non-hydrogen) atoms. The lowest BCUT2D eigenvalue weighted by atomic mass is 10.2. The first-order chi connectivity index (χ1) is 6.27. The highest BCUT2D eigenvalue weighted by molar-refractivity contribution is 14.1. The van der Waals surface area contributed by atoms with Gasteiger partial charge in [-0.2, -0.15) is 4.98 Å². The quantitative estimate of drug-likeness (QED) is 0.760. The lowest BCUT2D eigenvalue weighted by molar-refractivity contribution is 0.419. The number of aromatic nitrogens is 2. The van der Waals surface area contributed by atoms with Crippen LogP contribution in [0, 0.1) is 3.57 Å². The minimum atomic E-state index is 0.517. The Hall–Kier alpha value is -0.620.